The molecular weight excluding hydrogens is 358 g/mol. The second-order valence-electron chi connectivity index (χ2n) is 6.72. The zero-order valence-electron chi connectivity index (χ0n) is 15.5. The summed E-state index contributed by atoms with van der Waals surface area (Å²) in [6, 6.07) is 16.6. The molecule has 3 aromatic carbocycles. The second-order valence-corrected chi connectivity index (χ2v) is 6.72. The average Bonchev–Trinajstić information content (AvgIpc) is 2.66. The van der Waals surface area contributed by atoms with Gasteiger partial charge >= 0.3 is 0 Å². The molecule has 0 saturated heterocycles. The summed E-state index contributed by atoms with van der Waals surface area (Å²) in [5.41, 5.74) is 11.5. The monoisotopic (exact) mass is 377 g/mol. The minimum absolute atomic E-state index is 0.000376. The van der Waals surface area contributed by atoms with Crippen molar-refractivity contribution in [1.82, 2.24) is 0 Å². The van der Waals surface area contributed by atoms with Crippen LogP contribution in [-0.4, -0.2) is 9.85 Å². The number of benzene rings is 3. The normalized spacial score (nSPS) is 10.8. The first-order valence-electron chi connectivity index (χ1n) is 8.63. The maximum atomic E-state index is 11.0. The number of nitrogens with two attached hydrogens (primary N) is 1. The molecule has 0 aliphatic heterocycles. The van der Waals surface area contributed by atoms with Crippen LogP contribution in [0.3, 0.4) is 0 Å². The summed E-state index contributed by atoms with van der Waals surface area (Å²) in [6.45, 7) is 3.90. The van der Waals surface area contributed by atoms with E-state index in [9.17, 15) is 20.2 Å². The molecule has 0 radical (unpaired) electrons. The molecule has 0 aromatic heterocycles. The predicted molar refractivity (Wildman–Crippen MR) is 107 cm³/mol. The summed E-state index contributed by atoms with van der Waals surface area (Å²) >= 11 is 0. The number of aryl methyl sites for hydroxylation is 2. The minimum atomic E-state index is -0.449. The van der Waals surface area contributed by atoms with Crippen molar-refractivity contribution in [3.05, 3.63) is 109 Å². The number of rotatable bonds is 5. The Morgan fingerprint density at radius 2 is 1.21 bits per heavy atom. The van der Waals surface area contributed by atoms with E-state index in [0.717, 1.165) is 27.8 Å². The molecule has 0 amide bonds. The van der Waals surface area contributed by atoms with Crippen LogP contribution in [0.15, 0.2) is 60.7 Å². The third-order valence-corrected chi connectivity index (χ3v) is 4.75. The highest BCUT2D eigenvalue weighted by Gasteiger charge is 2.22. The van der Waals surface area contributed by atoms with Crippen molar-refractivity contribution in [2.75, 3.05) is 5.73 Å². The molecule has 142 valence electrons. The molecule has 0 atom stereocenters. The summed E-state index contributed by atoms with van der Waals surface area (Å²) < 4.78 is 0. The molecule has 0 fully saturated rings. The van der Waals surface area contributed by atoms with Gasteiger partial charge in [-0.15, -0.1) is 0 Å². The van der Waals surface area contributed by atoms with Crippen molar-refractivity contribution in [2.45, 2.75) is 19.8 Å². The average molecular weight is 377 g/mol. The molecule has 0 unspecified atom stereocenters. The number of hydrogen-bond donors (Lipinski definition) is 1. The van der Waals surface area contributed by atoms with E-state index in [1.54, 1.807) is 24.3 Å². The molecule has 0 saturated carbocycles. The summed E-state index contributed by atoms with van der Waals surface area (Å²) in [6.07, 6.45) is 0. The fourth-order valence-corrected chi connectivity index (χ4v) is 3.38. The van der Waals surface area contributed by atoms with Crippen LogP contribution in [0.1, 0.15) is 33.7 Å². The Morgan fingerprint density at radius 3 is 1.61 bits per heavy atom. The Kier molecular flexibility index (Phi) is 5.08. The van der Waals surface area contributed by atoms with Gasteiger partial charge in [-0.1, -0.05) is 42.0 Å². The van der Waals surface area contributed by atoms with Crippen molar-refractivity contribution in [1.29, 1.82) is 0 Å². The SMILES string of the molecule is Cc1cc(C)c(N)c(C(c2ccc([N+](=O)[O-])cc2)c2ccc([N+](=O)[O-])cc2)c1. The number of anilines is 1. The van der Waals surface area contributed by atoms with Crippen LogP contribution in [0.25, 0.3) is 0 Å². The molecule has 7 heteroatoms. The zero-order valence-corrected chi connectivity index (χ0v) is 15.5. The number of nitro benzene ring substituents is 2. The predicted octanol–water partition coefficient (Wildman–Crippen LogP) is 4.88. The largest absolute Gasteiger partial charge is 0.398 e. The number of nitrogen functional groups attached to an aromatic ring is 1. The van der Waals surface area contributed by atoms with E-state index in [0.29, 0.717) is 5.69 Å². The van der Waals surface area contributed by atoms with Gasteiger partial charge in [-0.3, -0.25) is 20.2 Å². The van der Waals surface area contributed by atoms with E-state index in [4.69, 9.17) is 5.73 Å². The number of nitro groups is 2. The number of non-ortho nitro benzene ring substituents is 2. The maximum Gasteiger partial charge on any atom is 0.269 e. The molecule has 0 aliphatic carbocycles. The van der Waals surface area contributed by atoms with E-state index in [1.165, 1.54) is 24.3 Å². The Bertz CT molecular complexity index is 987. The third kappa shape index (κ3) is 3.68. The highest BCUT2D eigenvalue weighted by molar-refractivity contribution is 5.61. The topological polar surface area (TPSA) is 112 Å². The molecule has 7 nitrogen and oxygen atoms in total. The third-order valence-electron chi connectivity index (χ3n) is 4.75. The summed E-state index contributed by atoms with van der Waals surface area (Å²) in [7, 11) is 0. The van der Waals surface area contributed by atoms with E-state index >= 15 is 0 Å². The van der Waals surface area contributed by atoms with Crippen LogP contribution >= 0.6 is 0 Å². The van der Waals surface area contributed by atoms with Gasteiger partial charge in [0.1, 0.15) is 0 Å². The van der Waals surface area contributed by atoms with Crippen LogP contribution in [-0.2, 0) is 0 Å². The first-order valence-corrected chi connectivity index (χ1v) is 8.63. The quantitative estimate of drug-likeness (QED) is 0.295. The van der Waals surface area contributed by atoms with Crippen LogP contribution < -0.4 is 5.73 Å². The summed E-state index contributed by atoms with van der Waals surface area (Å²) in [5.74, 6) is -0.305. The molecule has 3 aromatic rings. The van der Waals surface area contributed by atoms with Gasteiger partial charge in [0, 0.05) is 35.9 Å². The maximum absolute atomic E-state index is 11.0. The second kappa shape index (κ2) is 7.48. The number of nitrogens with zero attached hydrogens (tertiary/aromatic N) is 2. The van der Waals surface area contributed by atoms with Gasteiger partial charge < -0.3 is 5.73 Å². The molecule has 3 rings (SSSR count). The molecule has 0 bridgehead atoms. The lowest BCUT2D eigenvalue weighted by atomic mass is 9.82. The van der Waals surface area contributed by atoms with E-state index < -0.39 is 9.85 Å². The van der Waals surface area contributed by atoms with Gasteiger partial charge in [0.15, 0.2) is 0 Å². The van der Waals surface area contributed by atoms with Crippen molar-refractivity contribution in [3.63, 3.8) is 0 Å². The zero-order chi connectivity index (χ0) is 20.4. The lowest BCUT2D eigenvalue weighted by molar-refractivity contribution is -0.385. The van der Waals surface area contributed by atoms with E-state index in [2.05, 4.69) is 0 Å². The number of hydrogen-bond acceptors (Lipinski definition) is 5. The van der Waals surface area contributed by atoms with Crippen LogP contribution in [0.4, 0.5) is 17.1 Å². The van der Waals surface area contributed by atoms with E-state index in [-0.39, 0.29) is 17.3 Å². The van der Waals surface area contributed by atoms with Gasteiger partial charge in [0.2, 0.25) is 0 Å². The molecule has 0 heterocycles. The van der Waals surface area contributed by atoms with Crippen LogP contribution in [0.2, 0.25) is 0 Å². The fraction of sp³-hybridized carbons (Fsp3) is 0.143. The van der Waals surface area contributed by atoms with Crippen LogP contribution in [0, 0.1) is 34.1 Å². The Labute approximate surface area is 161 Å². The van der Waals surface area contributed by atoms with Crippen molar-refractivity contribution >= 4 is 17.1 Å². The van der Waals surface area contributed by atoms with Gasteiger partial charge in [0.05, 0.1) is 9.85 Å². The molecule has 2 N–H and O–H groups in total. The Morgan fingerprint density at radius 1 is 0.786 bits per heavy atom. The standard InChI is InChI=1S/C21H19N3O4/c1-13-11-14(2)21(22)19(12-13)20(15-3-7-17(8-4-15)23(25)26)16-5-9-18(10-6-16)24(27)28/h3-12,20H,22H2,1-2H3. The van der Waals surface area contributed by atoms with Crippen molar-refractivity contribution in [2.24, 2.45) is 0 Å². The lowest BCUT2D eigenvalue weighted by Crippen LogP contribution is -2.08. The Balaban J connectivity index is 2.19. The van der Waals surface area contributed by atoms with Gasteiger partial charge in [-0.05, 0) is 36.1 Å². The molecule has 0 aliphatic rings. The van der Waals surface area contributed by atoms with E-state index in [1.807, 2.05) is 26.0 Å². The minimum Gasteiger partial charge on any atom is -0.398 e. The summed E-state index contributed by atoms with van der Waals surface area (Å²) in [4.78, 5) is 21.1. The highest BCUT2D eigenvalue weighted by atomic mass is 16.6. The highest BCUT2D eigenvalue weighted by Crippen LogP contribution is 2.38. The van der Waals surface area contributed by atoms with Crippen LogP contribution in [0.5, 0.6) is 0 Å². The lowest BCUT2D eigenvalue weighted by Gasteiger charge is -2.22. The van der Waals surface area contributed by atoms with Gasteiger partial charge in [-0.2, -0.15) is 0 Å². The first-order chi connectivity index (χ1) is 13.3. The Hall–Kier alpha value is -3.74. The molecule has 0 spiro atoms. The molecular formula is C21H19N3O4. The summed E-state index contributed by atoms with van der Waals surface area (Å²) in [5, 5.41) is 22.0. The smallest absolute Gasteiger partial charge is 0.269 e. The first kappa shape index (κ1) is 19.0. The van der Waals surface area contributed by atoms with Gasteiger partial charge in [-0.25, -0.2) is 0 Å². The van der Waals surface area contributed by atoms with Crippen molar-refractivity contribution < 1.29 is 9.85 Å². The molecule has 28 heavy (non-hydrogen) atoms. The fourth-order valence-electron chi connectivity index (χ4n) is 3.38. The van der Waals surface area contributed by atoms with Gasteiger partial charge in [0.25, 0.3) is 11.4 Å². The van der Waals surface area contributed by atoms with Crippen molar-refractivity contribution in [3.8, 4) is 0 Å².